The number of aromatic nitrogens is 1. The molecule has 0 aliphatic carbocycles. The minimum atomic E-state index is -0.0758. The molecule has 0 bridgehead atoms. The molecule has 2 N–H and O–H groups in total. The van der Waals surface area contributed by atoms with Gasteiger partial charge in [0.1, 0.15) is 0 Å². The predicted molar refractivity (Wildman–Crippen MR) is 84.6 cm³/mol. The molecule has 21 heavy (non-hydrogen) atoms. The summed E-state index contributed by atoms with van der Waals surface area (Å²) in [6.45, 7) is 2.63. The van der Waals surface area contributed by atoms with Crippen LogP contribution in [0.1, 0.15) is 24.9 Å². The summed E-state index contributed by atoms with van der Waals surface area (Å²) >= 11 is 0. The molecule has 0 amide bonds. The van der Waals surface area contributed by atoms with E-state index in [4.69, 9.17) is 11.0 Å². The molecule has 1 heterocycles. The molecule has 2 aromatic rings. The molecule has 1 aromatic carbocycles. The van der Waals surface area contributed by atoms with Crippen molar-refractivity contribution in [2.24, 2.45) is 5.73 Å². The number of anilines is 1. The van der Waals surface area contributed by atoms with E-state index >= 15 is 0 Å². The Labute approximate surface area is 125 Å². The molecule has 4 heteroatoms. The average molecular weight is 280 g/mol. The number of para-hydroxylation sites is 1. The van der Waals surface area contributed by atoms with Crippen molar-refractivity contribution in [1.29, 1.82) is 5.26 Å². The molecule has 0 spiro atoms. The first-order valence-electron chi connectivity index (χ1n) is 7.08. The Kier molecular flexibility index (Phi) is 5.30. The minimum Gasteiger partial charge on any atom is -0.362 e. The van der Waals surface area contributed by atoms with Gasteiger partial charge in [-0.3, -0.25) is 4.98 Å². The maximum Gasteiger partial charge on any atom is 0.0706 e. The van der Waals surface area contributed by atoms with Gasteiger partial charge in [-0.1, -0.05) is 24.3 Å². The highest BCUT2D eigenvalue weighted by Gasteiger charge is 2.24. The second-order valence-electron chi connectivity index (χ2n) is 5.03. The number of rotatable bonds is 6. The normalized spacial score (nSPS) is 13.2. The number of hydrogen-bond acceptors (Lipinski definition) is 4. The van der Waals surface area contributed by atoms with Gasteiger partial charge in [-0.2, -0.15) is 5.26 Å². The third kappa shape index (κ3) is 3.80. The van der Waals surface area contributed by atoms with Gasteiger partial charge >= 0.3 is 0 Å². The first-order chi connectivity index (χ1) is 10.2. The first kappa shape index (κ1) is 15.0. The smallest absolute Gasteiger partial charge is 0.0706 e. The van der Waals surface area contributed by atoms with E-state index in [1.165, 1.54) is 0 Å². The van der Waals surface area contributed by atoms with Crippen molar-refractivity contribution in [1.82, 2.24) is 4.98 Å². The molecular weight excluding hydrogens is 260 g/mol. The Morgan fingerprint density at radius 3 is 2.57 bits per heavy atom. The number of benzene rings is 1. The van der Waals surface area contributed by atoms with Crippen LogP contribution in [0.25, 0.3) is 0 Å². The van der Waals surface area contributed by atoms with Crippen LogP contribution in [0.5, 0.6) is 0 Å². The largest absolute Gasteiger partial charge is 0.362 e. The van der Waals surface area contributed by atoms with Gasteiger partial charge in [0.05, 0.1) is 18.5 Å². The van der Waals surface area contributed by atoms with E-state index in [0.717, 1.165) is 11.3 Å². The zero-order valence-corrected chi connectivity index (χ0v) is 12.2. The fraction of sp³-hybridized carbons (Fsp3) is 0.294. The molecule has 0 fully saturated rings. The summed E-state index contributed by atoms with van der Waals surface area (Å²) in [7, 11) is 0. The molecule has 0 saturated heterocycles. The number of nitrogens with two attached hydrogens (primary N) is 1. The average Bonchev–Trinajstić information content (AvgIpc) is 2.52. The third-order valence-electron chi connectivity index (χ3n) is 3.41. The molecule has 4 nitrogen and oxygen atoms in total. The van der Waals surface area contributed by atoms with Gasteiger partial charge in [-0.05, 0) is 30.7 Å². The van der Waals surface area contributed by atoms with Gasteiger partial charge < -0.3 is 10.6 Å². The van der Waals surface area contributed by atoms with Crippen molar-refractivity contribution < 1.29 is 0 Å². The molecule has 0 radical (unpaired) electrons. The van der Waals surface area contributed by atoms with E-state index < -0.39 is 0 Å². The fourth-order valence-electron chi connectivity index (χ4n) is 2.54. The van der Waals surface area contributed by atoms with Gasteiger partial charge in [0.25, 0.3) is 0 Å². The Morgan fingerprint density at radius 1 is 1.24 bits per heavy atom. The lowest BCUT2D eigenvalue weighted by Gasteiger charge is -2.36. The van der Waals surface area contributed by atoms with Crippen LogP contribution in [-0.4, -0.2) is 17.6 Å². The highest BCUT2D eigenvalue weighted by atomic mass is 15.2. The lowest BCUT2D eigenvalue weighted by molar-refractivity contribution is 0.530. The van der Waals surface area contributed by atoms with Crippen molar-refractivity contribution in [3.63, 3.8) is 0 Å². The van der Waals surface area contributed by atoms with Crippen molar-refractivity contribution in [3.05, 3.63) is 60.4 Å². The Bertz CT molecular complexity index is 575. The van der Waals surface area contributed by atoms with E-state index in [0.29, 0.717) is 13.0 Å². The summed E-state index contributed by atoms with van der Waals surface area (Å²) in [5, 5.41) is 8.93. The molecule has 1 aromatic heterocycles. The lowest BCUT2D eigenvalue weighted by atomic mass is 9.99. The highest BCUT2D eigenvalue weighted by Crippen LogP contribution is 2.28. The Balaban J connectivity index is 2.39. The van der Waals surface area contributed by atoms with E-state index in [9.17, 15) is 0 Å². The van der Waals surface area contributed by atoms with Gasteiger partial charge in [-0.15, -0.1) is 0 Å². The van der Waals surface area contributed by atoms with Crippen molar-refractivity contribution in [2.75, 3.05) is 11.4 Å². The minimum absolute atomic E-state index is 0.00514. The number of hydrogen-bond donors (Lipinski definition) is 1. The maximum absolute atomic E-state index is 8.93. The Morgan fingerprint density at radius 2 is 2.00 bits per heavy atom. The predicted octanol–water partition coefficient (Wildman–Crippen LogP) is 2.89. The van der Waals surface area contributed by atoms with Crippen LogP contribution in [0.15, 0.2) is 54.9 Å². The monoisotopic (exact) mass is 280 g/mol. The summed E-state index contributed by atoms with van der Waals surface area (Å²) in [5.74, 6) is 0. The van der Waals surface area contributed by atoms with Crippen molar-refractivity contribution in [2.45, 2.75) is 25.4 Å². The zero-order chi connectivity index (χ0) is 15.1. The van der Waals surface area contributed by atoms with Crippen molar-refractivity contribution >= 4 is 5.69 Å². The molecule has 0 aliphatic rings. The molecule has 2 atom stereocenters. The van der Waals surface area contributed by atoms with Crippen LogP contribution in [-0.2, 0) is 0 Å². The standard InChI is InChI=1S/C17H20N4/c1-14(19)17(15-7-5-11-20-13-15)21(12-6-10-18)16-8-3-2-4-9-16/h2-5,7-9,11,13-14,17H,6,12,19H2,1H3. The summed E-state index contributed by atoms with van der Waals surface area (Å²) in [4.78, 5) is 6.38. The number of nitrogens with zero attached hydrogens (tertiary/aromatic N) is 3. The fourth-order valence-corrected chi connectivity index (χ4v) is 2.54. The zero-order valence-electron chi connectivity index (χ0n) is 12.2. The molecule has 108 valence electrons. The molecule has 2 rings (SSSR count). The second-order valence-corrected chi connectivity index (χ2v) is 5.03. The van der Waals surface area contributed by atoms with Gasteiger partial charge in [0.15, 0.2) is 0 Å². The molecular formula is C17H20N4. The van der Waals surface area contributed by atoms with E-state index in [1.54, 1.807) is 6.20 Å². The van der Waals surface area contributed by atoms with Gasteiger partial charge in [0.2, 0.25) is 0 Å². The summed E-state index contributed by atoms with van der Waals surface area (Å²) in [5.41, 5.74) is 8.36. The van der Waals surface area contributed by atoms with Crippen LogP contribution in [0.3, 0.4) is 0 Å². The SMILES string of the molecule is CC(N)C(c1cccnc1)N(CCC#N)c1ccccc1. The number of nitriles is 1. The van der Waals surface area contributed by atoms with Crippen LogP contribution in [0.2, 0.25) is 0 Å². The van der Waals surface area contributed by atoms with E-state index in [-0.39, 0.29) is 12.1 Å². The summed E-state index contributed by atoms with van der Waals surface area (Å²) in [6.07, 6.45) is 4.05. The maximum atomic E-state index is 8.93. The van der Waals surface area contributed by atoms with Crippen LogP contribution in [0, 0.1) is 11.3 Å². The second kappa shape index (κ2) is 7.41. The summed E-state index contributed by atoms with van der Waals surface area (Å²) < 4.78 is 0. The van der Waals surface area contributed by atoms with Crippen LogP contribution < -0.4 is 10.6 Å². The Hall–Kier alpha value is -2.38. The topological polar surface area (TPSA) is 65.9 Å². The van der Waals surface area contributed by atoms with Crippen molar-refractivity contribution in [3.8, 4) is 6.07 Å². The van der Waals surface area contributed by atoms with Gasteiger partial charge in [-0.25, -0.2) is 0 Å². The summed E-state index contributed by atoms with van der Waals surface area (Å²) in [6, 6.07) is 16.1. The highest BCUT2D eigenvalue weighted by molar-refractivity contribution is 5.49. The van der Waals surface area contributed by atoms with Crippen LogP contribution >= 0.6 is 0 Å². The van der Waals surface area contributed by atoms with E-state index in [2.05, 4.69) is 16.0 Å². The third-order valence-corrected chi connectivity index (χ3v) is 3.41. The van der Waals surface area contributed by atoms with Crippen LogP contribution in [0.4, 0.5) is 5.69 Å². The van der Waals surface area contributed by atoms with E-state index in [1.807, 2.05) is 55.6 Å². The molecule has 0 saturated carbocycles. The number of pyridine rings is 1. The lowest BCUT2D eigenvalue weighted by Crippen LogP contribution is -2.40. The van der Waals surface area contributed by atoms with Gasteiger partial charge in [0, 0.05) is 30.7 Å². The molecule has 2 unspecified atom stereocenters. The quantitative estimate of drug-likeness (QED) is 0.883. The first-order valence-corrected chi connectivity index (χ1v) is 7.08. The molecule has 0 aliphatic heterocycles.